The predicted molar refractivity (Wildman–Crippen MR) is 133 cm³/mol. The Kier molecular flexibility index (Phi) is 4.93. The van der Waals surface area contributed by atoms with E-state index in [2.05, 4.69) is 35.5 Å². The van der Waals surface area contributed by atoms with Crippen molar-refractivity contribution in [2.45, 2.75) is 31.3 Å². The highest BCUT2D eigenvalue weighted by atomic mass is 35.5. The Morgan fingerprint density at radius 1 is 1.14 bits per heavy atom. The van der Waals surface area contributed by atoms with Gasteiger partial charge in [0.15, 0.2) is 5.82 Å². The SMILES string of the molecule is O=C1C=C(c2c(-n3cnnn3)ccc(Cl)c2F)C[C@H]2CC[C@@H](c3ncc(-c4cnc5[nH]ccc5c4)[nH]3)N12. The van der Waals surface area contributed by atoms with Gasteiger partial charge in [0.25, 0.3) is 0 Å². The number of imidazole rings is 1. The molecule has 1 fully saturated rings. The summed E-state index contributed by atoms with van der Waals surface area (Å²) in [4.78, 5) is 30.8. The molecule has 0 bridgehead atoms. The summed E-state index contributed by atoms with van der Waals surface area (Å²) in [6, 6.07) is 6.82. The number of carbonyl (C=O) groups is 1. The first-order valence-electron chi connectivity index (χ1n) is 11.8. The van der Waals surface area contributed by atoms with Crippen LogP contribution in [0.3, 0.4) is 0 Å². The Morgan fingerprint density at radius 2 is 2.05 bits per heavy atom. The number of nitrogens with zero attached hydrogens (tertiary/aromatic N) is 7. The number of carbonyl (C=O) groups excluding carboxylic acids is 1. The summed E-state index contributed by atoms with van der Waals surface area (Å²) in [5.74, 6) is -0.0651. The van der Waals surface area contributed by atoms with Gasteiger partial charge in [-0.05, 0) is 59.5 Å². The molecule has 2 aliphatic heterocycles. The molecule has 5 aromatic rings. The fraction of sp³-hybridized carbons (Fsp3) is 0.200. The number of pyridine rings is 1. The number of nitrogens with one attached hydrogen (secondary N) is 2. The molecule has 1 amide bonds. The summed E-state index contributed by atoms with van der Waals surface area (Å²) >= 11 is 6.12. The van der Waals surface area contributed by atoms with Crippen LogP contribution in [0.5, 0.6) is 0 Å². The Labute approximate surface area is 214 Å². The maximum atomic E-state index is 15.3. The molecule has 4 aromatic heterocycles. The van der Waals surface area contributed by atoms with Crippen molar-refractivity contribution in [2.75, 3.05) is 0 Å². The van der Waals surface area contributed by atoms with Crippen molar-refractivity contribution in [3.05, 3.63) is 77.5 Å². The number of amides is 1. The van der Waals surface area contributed by atoms with E-state index >= 15 is 4.39 Å². The maximum Gasteiger partial charge on any atom is 0.247 e. The van der Waals surface area contributed by atoms with Crippen LogP contribution in [-0.2, 0) is 4.79 Å². The quantitative estimate of drug-likeness (QED) is 0.369. The monoisotopic (exact) mass is 515 g/mol. The average Bonchev–Trinajstić information content (AvgIpc) is 3.71. The molecule has 37 heavy (non-hydrogen) atoms. The zero-order chi connectivity index (χ0) is 25.1. The number of benzene rings is 1. The van der Waals surface area contributed by atoms with E-state index < -0.39 is 5.82 Å². The predicted octanol–water partition coefficient (Wildman–Crippen LogP) is 4.24. The first kappa shape index (κ1) is 21.9. The van der Waals surface area contributed by atoms with E-state index in [4.69, 9.17) is 11.6 Å². The number of hydrogen-bond acceptors (Lipinski definition) is 6. The van der Waals surface area contributed by atoms with Gasteiger partial charge in [-0.25, -0.2) is 14.4 Å². The normalized spacial score (nSPS) is 19.5. The van der Waals surface area contributed by atoms with E-state index in [1.165, 1.54) is 23.2 Å². The third kappa shape index (κ3) is 3.53. The van der Waals surface area contributed by atoms with Crippen molar-refractivity contribution in [3.8, 4) is 16.9 Å². The number of rotatable bonds is 4. The van der Waals surface area contributed by atoms with Crippen LogP contribution >= 0.6 is 11.6 Å². The second-order valence-corrected chi connectivity index (χ2v) is 9.60. The number of aromatic nitrogens is 8. The van der Waals surface area contributed by atoms with Gasteiger partial charge in [0.2, 0.25) is 5.91 Å². The van der Waals surface area contributed by atoms with E-state index in [0.29, 0.717) is 17.7 Å². The smallest absolute Gasteiger partial charge is 0.247 e. The van der Waals surface area contributed by atoms with Crippen LogP contribution < -0.4 is 0 Å². The molecule has 0 aliphatic carbocycles. The molecule has 184 valence electrons. The van der Waals surface area contributed by atoms with Crippen LogP contribution in [0.4, 0.5) is 4.39 Å². The second-order valence-electron chi connectivity index (χ2n) is 9.20. The summed E-state index contributed by atoms with van der Waals surface area (Å²) in [5, 5.41) is 12.2. The Bertz CT molecular complexity index is 1690. The molecule has 12 heteroatoms. The first-order chi connectivity index (χ1) is 18.1. The minimum absolute atomic E-state index is 0.0256. The van der Waals surface area contributed by atoms with Gasteiger partial charge in [-0.1, -0.05) is 11.6 Å². The van der Waals surface area contributed by atoms with Gasteiger partial charge in [-0.2, -0.15) is 4.68 Å². The summed E-state index contributed by atoms with van der Waals surface area (Å²) in [5.41, 5.74) is 3.81. The lowest BCUT2D eigenvalue weighted by Crippen LogP contribution is -2.39. The van der Waals surface area contributed by atoms with Crippen molar-refractivity contribution >= 4 is 34.1 Å². The van der Waals surface area contributed by atoms with Gasteiger partial charge < -0.3 is 14.9 Å². The highest BCUT2D eigenvalue weighted by molar-refractivity contribution is 6.31. The summed E-state index contributed by atoms with van der Waals surface area (Å²) in [6.45, 7) is 0. The van der Waals surface area contributed by atoms with Crippen molar-refractivity contribution in [3.63, 3.8) is 0 Å². The molecule has 1 saturated heterocycles. The molecule has 6 heterocycles. The van der Waals surface area contributed by atoms with E-state index in [9.17, 15) is 4.79 Å². The number of aromatic amines is 2. The number of tetrazole rings is 1. The van der Waals surface area contributed by atoms with Crippen LogP contribution in [-0.4, -0.2) is 57.0 Å². The largest absolute Gasteiger partial charge is 0.346 e. The molecule has 0 unspecified atom stereocenters. The Hall–Kier alpha value is -4.38. The lowest BCUT2D eigenvalue weighted by atomic mass is 9.92. The highest BCUT2D eigenvalue weighted by Gasteiger charge is 2.42. The second kappa shape index (κ2) is 8.34. The molecule has 0 spiro atoms. The van der Waals surface area contributed by atoms with Crippen LogP contribution in [0.1, 0.15) is 36.7 Å². The van der Waals surface area contributed by atoms with Crippen molar-refractivity contribution in [1.29, 1.82) is 0 Å². The van der Waals surface area contributed by atoms with E-state index in [0.717, 1.165) is 41.0 Å². The standard InChI is InChI=1S/C25H19ClFN9O/c26-17-2-4-19(35-12-31-33-34-35)22(23(17)27)14-8-16-1-3-20(36(16)21(37)9-14)25-30-11-18(32-25)15-7-13-5-6-28-24(13)29-10-15/h2,4-7,9-12,16,20H,1,3,8H2,(H,28,29)(H,30,32)/t16-,20+/m1/s1. The van der Waals surface area contributed by atoms with Gasteiger partial charge in [0.05, 0.1) is 28.6 Å². The molecule has 1 aromatic carbocycles. The van der Waals surface area contributed by atoms with Crippen LogP contribution in [0.25, 0.3) is 33.6 Å². The zero-order valence-corrected chi connectivity index (χ0v) is 20.0. The number of halogens is 2. The van der Waals surface area contributed by atoms with Crippen LogP contribution in [0.2, 0.25) is 5.02 Å². The van der Waals surface area contributed by atoms with Gasteiger partial charge in [-0.15, -0.1) is 5.10 Å². The summed E-state index contributed by atoms with van der Waals surface area (Å²) in [6.07, 6.45) is 10.3. The minimum atomic E-state index is -0.597. The van der Waals surface area contributed by atoms with Crippen molar-refractivity contribution in [1.82, 2.24) is 45.0 Å². The summed E-state index contributed by atoms with van der Waals surface area (Å²) < 4.78 is 16.7. The molecule has 2 aliphatic rings. The Morgan fingerprint density at radius 3 is 2.92 bits per heavy atom. The molecule has 2 N–H and O–H groups in total. The van der Waals surface area contributed by atoms with Crippen LogP contribution in [0, 0.1) is 5.82 Å². The lowest BCUT2D eigenvalue weighted by molar-refractivity contribution is -0.129. The van der Waals surface area contributed by atoms with Crippen molar-refractivity contribution in [2.24, 2.45) is 0 Å². The molecule has 2 atom stereocenters. The van der Waals surface area contributed by atoms with Crippen molar-refractivity contribution < 1.29 is 9.18 Å². The molecular weight excluding hydrogens is 497 g/mol. The van der Waals surface area contributed by atoms with Crippen LogP contribution in [0.15, 0.2) is 55.3 Å². The van der Waals surface area contributed by atoms with Gasteiger partial charge in [-0.3, -0.25) is 4.79 Å². The third-order valence-electron chi connectivity index (χ3n) is 7.12. The topological polar surface area (TPSA) is 121 Å². The zero-order valence-electron chi connectivity index (χ0n) is 19.3. The first-order valence-corrected chi connectivity index (χ1v) is 12.2. The number of H-pyrrole nitrogens is 2. The molecule has 0 radical (unpaired) electrons. The number of fused-ring (bicyclic) bond motifs is 2. The van der Waals surface area contributed by atoms with Gasteiger partial charge >= 0.3 is 0 Å². The highest BCUT2D eigenvalue weighted by Crippen LogP contribution is 2.44. The summed E-state index contributed by atoms with van der Waals surface area (Å²) in [7, 11) is 0. The maximum absolute atomic E-state index is 15.3. The molecular formula is C25H19ClFN9O. The lowest BCUT2D eigenvalue weighted by Gasteiger charge is -2.33. The molecule has 10 nitrogen and oxygen atoms in total. The van der Waals surface area contributed by atoms with E-state index in [1.807, 2.05) is 23.2 Å². The fourth-order valence-corrected chi connectivity index (χ4v) is 5.60. The van der Waals surface area contributed by atoms with Gasteiger partial charge in [0.1, 0.15) is 17.8 Å². The van der Waals surface area contributed by atoms with E-state index in [1.54, 1.807) is 18.5 Å². The number of hydrogen-bond donors (Lipinski definition) is 2. The molecule has 0 saturated carbocycles. The minimum Gasteiger partial charge on any atom is -0.346 e. The average molecular weight is 516 g/mol. The third-order valence-corrected chi connectivity index (χ3v) is 7.41. The van der Waals surface area contributed by atoms with E-state index in [-0.39, 0.29) is 28.6 Å². The Balaban J connectivity index is 1.21. The van der Waals surface area contributed by atoms with Gasteiger partial charge in [0, 0.05) is 41.0 Å². The fourth-order valence-electron chi connectivity index (χ4n) is 5.44. The molecule has 7 rings (SSSR count).